The summed E-state index contributed by atoms with van der Waals surface area (Å²) in [6.45, 7) is 8.06. The minimum Gasteiger partial charge on any atom is -0.390 e. The Kier molecular flexibility index (Phi) is 5.11. The molecule has 1 aromatic heterocycles. The SMILES string of the molecule is CCCn1cc(S(=O)(=O)N2CCC(C)C(C)C2)cc1CO. The van der Waals surface area contributed by atoms with Crippen LogP contribution in [0.5, 0.6) is 0 Å². The van der Waals surface area contributed by atoms with Crippen molar-refractivity contribution < 1.29 is 13.5 Å². The molecule has 1 aliphatic heterocycles. The van der Waals surface area contributed by atoms with Gasteiger partial charge in [0.05, 0.1) is 6.61 Å². The minimum atomic E-state index is -3.45. The van der Waals surface area contributed by atoms with Gasteiger partial charge in [0, 0.05) is 31.5 Å². The van der Waals surface area contributed by atoms with E-state index in [0.29, 0.717) is 35.5 Å². The summed E-state index contributed by atoms with van der Waals surface area (Å²) in [5.74, 6) is 0.942. The van der Waals surface area contributed by atoms with E-state index in [0.717, 1.165) is 19.4 Å². The first-order chi connectivity index (χ1) is 9.90. The van der Waals surface area contributed by atoms with Crippen molar-refractivity contribution in [1.82, 2.24) is 8.87 Å². The molecule has 2 heterocycles. The molecule has 0 radical (unpaired) electrons. The van der Waals surface area contributed by atoms with Crippen molar-refractivity contribution in [2.75, 3.05) is 13.1 Å². The highest BCUT2D eigenvalue weighted by atomic mass is 32.2. The molecule has 1 N–H and O–H groups in total. The number of hydrogen-bond donors (Lipinski definition) is 1. The first kappa shape index (κ1) is 16.5. The number of aryl methyl sites for hydroxylation is 1. The number of aliphatic hydroxyl groups is 1. The lowest BCUT2D eigenvalue weighted by atomic mass is 9.90. The fourth-order valence-corrected chi connectivity index (χ4v) is 4.46. The van der Waals surface area contributed by atoms with E-state index in [1.165, 1.54) is 0 Å². The molecule has 0 saturated carbocycles. The zero-order valence-corrected chi connectivity index (χ0v) is 13.9. The monoisotopic (exact) mass is 314 g/mol. The fourth-order valence-electron chi connectivity index (χ4n) is 2.84. The van der Waals surface area contributed by atoms with Crippen molar-refractivity contribution in [3.05, 3.63) is 18.0 Å². The molecular formula is C15H26N2O3S. The molecule has 120 valence electrons. The van der Waals surface area contributed by atoms with Gasteiger partial charge in [0.25, 0.3) is 0 Å². The Hall–Kier alpha value is -0.850. The van der Waals surface area contributed by atoms with E-state index < -0.39 is 10.0 Å². The molecule has 0 aromatic carbocycles. The molecule has 6 heteroatoms. The predicted molar refractivity (Wildman–Crippen MR) is 82.3 cm³/mol. The Morgan fingerprint density at radius 3 is 2.62 bits per heavy atom. The number of piperidine rings is 1. The third-order valence-corrected chi connectivity index (χ3v) is 6.35. The zero-order valence-electron chi connectivity index (χ0n) is 13.1. The van der Waals surface area contributed by atoms with Crippen LogP contribution < -0.4 is 0 Å². The van der Waals surface area contributed by atoms with Crippen LogP contribution in [-0.4, -0.2) is 35.5 Å². The highest BCUT2D eigenvalue weighted by Gasteiger charge is 2.32. The van der Waals surface area contributed by atoms with Crippen molar-refractivity contribution in [2.45, 2.75) is 51.7 Å². The fraction of sp³-hybridized carbons (Fsp3) is 0.733. The topological polar surface area (TPSA) is 62.5 Å². The van der Waals surface area contributed by atoms with E-state index in [4.69, 9.17) is 0 Å². The molecule has 1 aromatic rings. The van der Waals surface area contributed by atoms with Crippen molar-refractivity contribution in [3.8, 4) is 0 Å². The molecule has 0 amide bonds. The average Bonchev–Trinajstić information content (AvgIpc) is 2.86. The van der Waals surface area contributed by atoms with Crippen LogP contribution in [-0.2, 0) is 23.2 Å². The molecular weight excluding hydrogens is 288 g/mol. The highest BCUT2D eigenvalue weighted by Crippen LogP contribution is 2.28. The minimum absolute atomic E-state index is 0.136. The standard InChI is InChI=1S/C15H26N2O3S/c1-4-6-16-10-15(8-14(16)11-18)21(19,20)17-7-5-12(2)13(3)9-17/h8,10,12-13,18H,4-7,9,11H2,1-3H3. The summed E-state index contributed by atoms with van der Waals surface area (Å²) in [5, 5.41) is 9.38. The summed E-state index contributed by atoms with van der Waals surface area (Å²) < 4.78 is 28.9. The van der Waals surface area contributed by atoms with E-state index in [9.17, 15) is 13.5 Å². The largest absolute Gasteiger partial charge is 0.390 e. The normalized spacial score (nSPS) is 24.4. The average molecular weight is 314 g/mol. The molecule has 1 fully saturated rings. The van der Waals surface area contributed by atoms with E-state index in [-0.39, 0.29) is 6.61 Å². The number of hydrogen-bond acceptors (Lipinski definition) is 3. The maximum Gasteiger partial charge on any atom is 0.244 e. The molecule has 21 heavy (non-hydrogen) atoms. The van der Waals surface area contributed by atoms with Crippen LogP contribution in [0.15, 0.2) is 17.2 Å². The van der Waals surface area contributed by atoms with Crippen molar-refractivity contribution >= 4 is 10.0 Å². The summed E-state index contributed by atoms with van der Waals surface area (Å²) in [6.07, 6.45) is 3.47. The Morgan fingerprint density at radius 1 is 1.33 bits per heavy atom. The Labute approximate surface area is 127 Å². The van der Waals surface area contributed by atoms with Crippen LogP contribution in [0.2, 0.25) is 0 Å². The van der Waals surface area contributed by atoms with Gasteiger partial charge in [-0.15, -0.1) is 0 Å². The third-order valence-electron chi connectivity index (χ3n) is 4.52. The van der Waals surface area contributed by atoms with Gasteiger partial charge in [-0.2, -0.15) is 4.31 Å². The van der Waals surface area contributed by atoms with Crippen LogP contribution in [0.25, 0.3) is 0 Å². The number of aromatic nitrogens is 1. The molecule has 0 spiro atoms. The van der Waals surface area contributed by atoms with Crippen molar-refractivity contribution in [2.24, 2.45) is 11.8 Å². The number of nitrogens with zero attached hydrogens (tertiary/aromatic N) is 2. The quantitative estimate of drug-likeness (QED) is 0.905. The summed E-state index contributed by atoms with van der Waals surface area (Å²) in [4.78, 5) is 0.307. The number of aliphatic hydroxyl groups excluding tert-OH is 1. The van der Waals surface area contributed by atoms with Gasteiger partial charge in [0.2, 0.25) is 10.0 Å². The smallest absolute Gasteiger partial charge is 0.244 e. The van der Waals surface area contributed by atoms with Crippen LogP contribution >= 0.6 is 0 Å². The molecule has 2 rings (SSSR count). The van der Waals surface area contributed by atoms with Crippen LogP contribution in [0, 0.1) is 11.8 Å². The molecule has 5 nitrogen and oxygen atoms in total. The van der Waals surface area contributed by atoms with Crippen molar-refractivity contribution in [1.29, 1.82) is 0 Å². The van der Waals surface area contributed by atoms with E-state index in [1.54, 1.807) is 16.6 Å². The van der Waals surface area contributed by atoms with Gasteiger partial charge in [0.15, 0.2) is 0 Å². The summed E-state index contributed by atoms with van der Waals surface area (Å²) in [5.41, 5.74) is 0.661. The van der Waals surface area contributed by atoms with E-state index in [2.05, 4.69) is 13.8 Å². The number of rotatable bonds is 5. The lowest BCUT2D eigenvalue weighted by Crippen LogP contribution is -2.42. The van der Waals surface area contributed by atoms with Gasteiger partial charge >= 0.3 is 0 Å². The zero-order chi connectivity index (χ0) is 15.6. The van der Waals surface area contributed by atoms with Crippen LogP contribution in [0.1, 0.15) is 39.3 Å². The molecule has 1 aliphatic rings. The third kappa shape index (κ3) is 3.33. The first-order valence-electron chi connectivity index (χ1n) is 7.70. The molecule has 0 bridgehead atoms. The molecule has 2 atom stereocenters. The van der Waals surface area contributed by atoms with Gasteiger partial charge in [-0.05, 0) is 30.7 Å². The molecule has 2 unspecified atom stereocenters. The maximum atomic E-state index is 12.8. The predicted octanol–water partition coefficient (Wildman–Crippen LogP) is 2.06. The van der Waals surface area contributed by atoms with Crippen LogP contribution in [0.3, 0.4) is 0 Å². The second-order valence-electron chi connectivity index (χ2n) is 6.12. The molecule has 0 aliphatic carbocycles. The Morgan fingerprint density at radius 2 is 2.05 bits per heavy atom. The second-order valence-corrected chi connectivity index (χ2v) is 8.06. The van der Waals surface area contributed by atoms with E-state index in [1.807, 2.05) is 11.5 Å². The lowest BCUT2D eigenvalue weighted by molar-refractivity contribution is 0.212. The Bertz CT molecular complexity index is 580. The van der Waals surface area contributed by atoms with Crippen molar-refractivity contribution in [3.63, 3.8) is 0 Å². The van der Waals surface area contributed by atoms with Gasteiger partial charge < -0.3 is 9.67 Å². The second kappa shape index (κ2) is 6.50. The summed E-state index contributed by atoms with van der Waals surface area (Å²) in [7, 11) is -3.45. The first-order valence-corrected chi connectivity index (χ1v) is 9.14. The van der Waals surface area contributed by atoms with Gasteiger partial charge in [-0.3, -0.25) is 0 Å². The summed E-state index contributed by atoms with van der Waals surface area (Å²) >= 11 is 0. The highest BCUT2D eigenvalue weighted by molar-refractivity contribution is 7.89. The number of sulfonamides is 1. The van der Waals surface area contributed by atoms with Gasteiger partial charge in [0.1, 0.15) is 4.90 Å². The van der Waals surface area contributed by atoms with Gasteiger partial charge in [-0.25, -0.2) is 8.42 Å². The molecule has 1 saturated heterocycles. The maximum absolute atomic E-state index is 12.8. The van der Waals surface area contributed by atoms with E-state index >= 15 is 0 Å². The summed E-state index contributed by atoms with van der Waals surface area (Å²) in [6, 6.07) is 1.60. The van der Waals surface area contributed by atoms with Crippen LogP contribution in [0.4, 0.5) is 0 Å². The van der Waals surface area contributed by atoms with Gasteiger partial charge in [-0.1, -0.05) is 20.8 Å². The lowest BCUT2D eigenvalue weighted by Gasteiger charge is -2.34. The Balaban J connectivity index is 2.27.